The number of aromatic nitrogens is 2. The van der Waals surface area contributed by atoms with Crippen molar-refractivity contribution in [3.8, 4) is 11.4 Å². The van der Waals surface area contributed by atoms with Crippen molar-refractivity contribution in [2.75, 3.05) is 26.4 Å². The van der Waals surface area contributed by atoms with E-state index >= 15 is 0 Å². The molecule has 2 aromatic rings. The van der Waals surface area contributed by atoms with E-state index in [4.69, 9.17) is 0 Å². The van der Waals surface area contributed by atoms with Crippen LogP contribution in [0.25, 0.3) is 11.4 Å². The largest absolute Gasteiger partial charge is 1.00 e. The molecule has 130 valence electrons. The maximum atomic E-state index is 12.0. The Hall–Kier alpha value is -1.43. The number of aryl methyl sites for hydroxylation is 1. The normalized spacial score (nSPS) is 10.5. The van der Waals surface area contributed by atoms with Crippen LogP contribution in [0.2, 0.25) is 0 Å². The van der Waals surface area contributed by atoms with Gasteiger partial charge in [0.05, 0.1) is 31.9 Å². The third-order valence-corrected chi connectivity index (χ3v) is 4.56. The fraction of sp³-hybridized carbons (Fsp3) is 0.389. The Morgan fingerprint density at radius 3 is 2.42 bits per heavy atom. The molecule has 0 saturated carbocycles. The number of Topliss-reactive ketones (excluding diaryl/α,β-unsaturated/α-hetero) is 1. The van der Waals surface area contributed by atoms with Crippen LogP contribution in [0.1, 0.15) is 29.4 Å². The zero-order chi connectivity index (χ0) is 16.8. The molecule has 0 saturated heterocycles. The van der Waals surface area contributed by atoms with Gasteiger partial charge in [-0.1, -0.05) is 30.3 Å². The number of nitrogens with zero attached hydrogens (tertiary/aromatic N) is 2. The number of benzene rings is 1. The lowest BCUT2D eigenvalue weighted by Crippen LogP contribution is -3.05. The third-order valence-electron chi connectivity index (χ3n) is 3.50. The number of thioether (sulfide) groups is 1. The summed E-state index contributed by atoms with van der Waals surface area (Å²) in [5, 5.41) is 0.803. The highest BCUT2D eigenvalue weighted by Gasteiger charge is 2.16. The minimum atomic E-state index is 0. The quantitative estimate of drug-likeness (QED) is 0.305. The fourth-order valence-corrected chi connectivity index (χ4v) is 3.44. The van der Waals surface area contributed by atoms with Gasteiger partial charge in [0.2, 0.25) is 0 Å². The van der Waals surface area contributed by atoms with E-state index in [1.807, 2.05) is 37.3 Å². The first kappa shape index (κ1) is 20.6. The minimum Gasteiger partial charge on any atom is -1.00 e. The minimum absolute atomic E-state index is 0. The van der Waals surface area contributed by atoms with Crippen LogP contribution in [-0.4, -0.2) is 42.1 Å². The van der Waals surface area contributed by atoms with Gasteiger partial charge in [-0.2, -0.15) is 0 Å². The Balaban J connectivity index is 0.00000288. The number of carbonyl (C=O) groups excluding carboxylic acids is 1. The Kier molecular flexibility index (Phi) is 8.39. The molecule has 1 heterocycles. The lowest BCUT2D eigenvalue weighted by atomic mass is 10.1. The number of carbonyl (C=O) groups is 1. The van der Waals surface area contributed by atoms with Crippen molar-refractivity contribution in [1.82, 2.24) is 9.97 Å². The zero-order valence-electron chi connectivity index (χ0n) is 14.6. The summed E-state index contributed by atoms with van der Waals surface area (Å²) in [7, 11) is 4.29. The molecule has 1 aromatic carbocycles. The molecule has 0 unspecified atom stereocenters. The van der Waals surface area contributed by atoms with Crippen LogP contribution in [0.4, 0.5) is 0 Å². The third kappa shape index (κ3) is 5.58. The monoisotopic (exact) mass is 365 g/mol. The summed E-state index contributed by atoms with van der Waals surface area (Å²) in [6, 6.07) is 9.90. The van der Waals surface area contributed by atoms with E-state index in [-0.39, 0.29) is 18.2 Å². The van der Waals surface area contributed by atoms with Crippen LogP contribution < -0.4 is 17.3 Å². The van der Waals surface area contributed by atoms with Gasteiger partial charge in [-0.3, -0.25) is 4.79 Å². The number of rotatable bonds is 7. The standard InChI is InChI=1S/C18H23N3OS.ClH/c1-13-16(14(2)22)18(23-12-8-11-21(3)4)20-17(19-13)15-9-6-5-7-10-15;/h5-7,9-10H,8,11-12H2,1-4H3;1H. The van der Waals surface area contributed by atoms with Gasteiger partial charge in [-0.05, 0) is 13.8 Å². The van der Waals surface area contributed by atoms with Gasteiger partial charge in [-0.25, -0.2) is 9.97 Å². The number of hydrogen-bond donors (Lipinski definition) is 1. The van der Waals surface area contributed by atoms with Gasteiger partial charge < -0.3 is 17.3 Å². The number of quaternary nitrogens is 1. The highest BCUT2D eigenvalue weighted by Crippen LogP contribution is 2.27. The molecule has 0 bridgehead atoms. The van der Waals surface area contributed by atoms with Crippen molar-refractivity contribution in [2.45, 2.75) is 25.3 Å². The second kappa shape index (κ2) is 9.77. The van der Waals surface area contributed by atoms with Crippen LogP contribution in [0.15, 0.2) is 35.4 Å². The van der Waals surface area contributed by atoms with E-state index in [2.05, 4.69) is 24.1 Å². The second-order valence-electron chi connectivity index (χ2n) is 5.89. The van der Waals surface area contributed by atoms with Crippen molar-refractivity contribution in [2.24, 2.45) is 0 Å². The van der Waals surface area contributed by atoms with E-state index in [0.29, 0.717) is 11.4 Å². The molecule has 24 heavy (non-hydrogen) atoms. The summed E-state index contributed by atoms with van der Waals surface area (Å²) in [5.41, 5.74) is 2.39. The van der Waals surface area contributed by atoms with E-state index < -0.39 is 0 Å². The molecular formula is C18H24ClN3OS. The van der Waals surface area contributed by atoms with Gasteiger partial charge >= 0.3 is 0 Å². The maximum absolute atomic E-state index is 12.0. The number of ketones is 1. The Morgan fingerprint density at radius 1 is 1.17 bits per heavy atom. The predicted octanol–water partition coefficient (Wildman–Crippen LogP) is -0.715. The van der Waals surface area contributed by atoms with Gasteiger partial charge in [0.15, 0.2) is 11.6 Å². The van der Waals surface area contributed by atoms with Gasteiger partial charge in [0, 0.05) is 17.7 Å². The molecule has 6 heteroatoms. The molecule has 2 rings (SSSR count). The summed E-state index contributed by atoms with van der Waals surface area (Å²) in [5.74, 6) is 1.67. The fourth-order valence-electron chi connectivity index (χ4n) is 2.37. The van der Waals surface area contributed by atoms with Gasteiger partial charge in [0.1, 0.15) is 5.03 Å². The number of hydrogen-bond acceptors (Lipinski definition) is 4. The molecule has 0 aliphatic heterocycles. The molecule has 1 aromatic heterocycles. The van der Waals surface area contributed by atoms with Crippen LogP contribution in [0.3, 0.4) is 0 Å². The summed E-state index contributed by atoms with van der Waals surface area (Å²) in [4.78, 5) is 22.6. The van der Waals surface area contributed by atoms with Crippen LogP contribution >= 0.6 is 11.8 Å². The molecule has 4 nitrogen and oxygen atoms in total. The Morgan fingerprint density at radius 2 is 1.83 bits per heavy atom. The molecule has 0 aliphatic rings. The molecule has 0 fully saturated rings. The van der Waals surface area contributed by atoms with Crippen LogP contribution in [-0.2, 0) is 0 Å². The van der Waals surface area contributed by atoms with Crippen molar-refractivity contribution >= 4 is 17.5 Å². The van der Waals surface area contributed by atoms with E-state index in [1.54, 1.807) is 18.7 Å². The number of halogens is 1. The lowest BCUT2D eigenvalue weighted by Gasteiger charge is -2.12. The first-order chi connectivity index (χ1) is 11.0. The zero-order valence-corrected chi connectivity index (χ0v) is 16.2. The van der Waals surface area contributed by atoms with Crippen molar-refractivity contribution in [3.05, 3.63) is 41.6 Å². The summed E-state index contributed by atoms with van der Waals surface area (Å²) >= 11 is 1.66. The summed E-state index contributed by atoms with van der Waals surface area (Å²) in [6.07, 6.45) is 1.09. The van der Waals surface area contributed by atoms with E-state index in [0.717, 1.165) is 35.0 Å². The van der Waals surface area contributed by atoms with Gasteiger partial charge in [-0.15, -0.1) is 11.8 Å². The predicted molar refractivity (Wildman–Crippen MR) is 95.2 cm³/mol. The van der Waals surface area contributed by atoms with Crippen molar-refractivity contribution < 1.29 is 22.1 Å². The summed E-state index contributed by atoms with van der Waals surface area (Å²) < 4.78 is 0. The average molecular weight is 366 g/mol. The molecular weight excluding hydrogens is 342 g/mol. The second-order valence-corrected chi connectivity index (χ2v) is 6.98. The molecule has 0 aliphatic carbocycles. The van der Waals surface area contributed by atoms with Crippen LogP contribution in [0, 0.1) is 6.92 Å². The topological polar surface area (TPSA) is 47.3 Å². The number of nitrogens with one attached hydrogen (secondary N) is 1. The molecule has 1 N–H and O–H groups in total. The molecule has 0 atom stereocenters. The highest BCUT2D eigenvalue weighted by atomic mass is 35.5. The smallest absolute Gasteiger partial charge is 0.164 e. The molecule has 0 spiro atoms. The SMILES string of the molecule is CC(=O)c1c(C)nc(-c2ccccc2)nc1SCCC[NH+](C)C.[Cl-]. The van der Waals surface area contributed by atoms with Gasteiger partial charge in [0.25, 0.3) is 0 Å². The van der Waals surface area contributed by atoms with E-state index in [1.165, 1.54) is 4.90 Å². The lowest BCUT2D eigenvalue weighted by molar-refractivity contribution is -0.858. The Labute approximate surface area is 154 Å². The van der Waals surface area contributed by atoms with Crippen molar-refractivity contribution in [1.29, 1.82) is 0 Å². The van der Waals surface area contributed by atoms with Crippen molar-refractivity contribution in [3.63, 3.8) is 0 Å². The molecule has 0 amide bonds. The van der Waals surface area contributed by atoms with Crippen LogP contribution in [0.5, 0.6) is 0 Å². The van der Waals surface area contributed by atoms with E-state index in [9.17, 15) is 4.79 Å². The average Bonchev–Trinajstić information content (AvgIpc) is 2.51. The Bertz CT molecular complexity index is 677. The highest BCUT2D eigenvalue weighted by molar-refractivity contribution is 7.99. The maximum Gasteiger partial charge on any atom is 0.164 e. The molecule has 0 radical (unpaired) electrons. The summed E-state index contributed by atoms with van der Waals surface area (Å²) in [6.45, 7) is 4.58. The first-order valence-corrected chi connectivity index (χ1v) is 8.84. The first-order valence-electron chi connectivity index (χ1n) is 7.86.